The molecule has 1 unspecified atom stereocenters. The molecule has 0 aliphatic rings. The summed E-state index contributed by atoms with van der Waals surface area (Å²) < 4.78 is 0. The summed E-state index contributed by atoms with van der Waals surface area (Å²) in [6.07, 6.45) is 1.01. The Labute approximate surface area is 107 Å². The lowest BCUT2D eigenvalue weighted by Gasteiger charge is -2.09. The van der Waals surface area contributed by atoms with Gasteiger partial charge >= 0.3 is 0 Å². The number of nitrogens with zero attached hydrogens (tertiary/aromatic N) is 2. The normalized spacial score (nSPS) is 12.4. The second kappa shape index (κ2) is 5.28. The van der Waals surface area contributed by atoms with E-state index in [-0.39, 0.29) is 0 Å². The van der Waals surface area contributed by atoms with Gasteiger partial charge in [-0.3, -0.25) is 0 Å². The summed E-state index contributed by atoms with van der Waals surface area (Å²) in [5, 5.41) is 0.508. The lowest BCUT2D eigenvalue weighted by Crippen LogP contribution is -2.01. The van der Waals surface area contributed by atoms with Gasteiger partial charge in [-0.15, -0.1) is 0 Å². The van der Waals surface area contributed by atoms with E-state index in [9.17, 15) is 0 Å². The Kier molecular flexibility index (Phi) is 3.75. The lowest BCUT2D eigenvalue weighted by molar-refractivity contribution is 0.679. The maximum absolute atomic E-state index is 6.05. The van der Waals surface area contributed by atoms with E-state index in [1.54, 1.807) is 0 Å². The summed E-state index contributed by atoms with van der Waals surface area (Å²) in [6.45, 7) is 4.23. The summed E-state index contributed by atoms with van der Waals surface area (Å²) >= 11 is 6.05. The Hall–Kier alpha value is -1.41. The van der Waals surface area contributed by atoms with Gasteiger partial charge in [-0.25, -0.2) is 9.97 Å². The highest BCUT2D eigenvalue weighted by molar-refractivity contribution is 6.29. The first-order valence-corrected chi connectivity index (χ1v) is 6.18. The predicted molar refractivity (Wildman–Crippen MR) is 71.2 cm³/mol. The molecule has 0 saturated carbocycles. The van der Waals surface area contributed by atoms with Crippen molar-refractivity contribution >= 4 is 11.6 Å². The number of aromatic nitrogens is 2. The third-order valence-corrected chi connectivity index (χ3v) is 3.03. The number of halogens is 1. The molecule has 0 amide bonds. The monoisotopic (exact) mass is 246 g/mol. The fourth-order valence-corrected chi connectivity index (χ4v) is 1.78. The van der Waals surface area contributed by atoms with Crippen molar-refractivity contribution < 1.29 is 0 Å². The summed E-state index contributed by atoms with van der Waals surface area (Å²) in [5.74, 6) is 1.15. The Morgan fingerprint density at radius 1 is 1.18 bits per heavy atom. The minimum atomic E-state index is 0.330. The number of benzene rings is 1. The Balaban J connectivity index is 2.45. The highest BCUT2D eigenvalue weighted by Gasteiger charge is 2.10. The zero-order valence-corrected chi connectivity index (χ0v) is 10.8. The molecule has 1 aromatic heterocycles. The van der Waals surface area contributed by atoms with Crippen molar-refractivity contribution in [3.8, 4) is 11.3 Å². The summed E-state index contributed by atoms with van der Waals surface area (Å²) in [6, 6.07) is 11.8. The average molecular weight is 247 g/mol. The Bertz CT molecular complexity index is 497. The van der Waals surface area contributed by atoms with E-state index < -0.39 is 0 Å². The fraction of sp³-hybridized carbons (Fsp3) is 0.286. The van der Waals surface area contributed by atoms with Crippen molar-refractivity contribution in [3.05, 3.63) is 47.4 Å². The molecule has 0 fully saturated rings. The molecular weight excluding hydrogens is 232 g/mol. The fourth-order valence-electron chi connectivity index (χ4n) is 1.59. The lowest BCUT2D eigenvalue weighted by atomic mass is 10.1. The first kappa shape index (κ1) is 12.1. The molecule has 2 aromatic rings. The first-order valence-electron chi connectivity index (χ1n) is 5.80. The van der Waals surface area contributed by atoms with Gasteiger partial charge in [0.15, 0.2) is 0 Å². The third kappa shape index (κ3) is 2.83. The number of hydrogen-bond donors (Lipinski definition) is 0. The van der Waals surface area contributed by atoms with E-state index in [4.69, 9.17) is 11.6 Å². The van der Waals surface area contributed by atoms with Gasteiger partial charge in [-0.2, -0.15) is 0 Å². The zero-order valence-electron chi connectivity index (χ0n) is 10.0. The van der Waals surface area contributed by atoms with Crippen molar-refractivity contribution in [1.82, 2.24) is 9.97 Å². The maximum Gasteiger partial charge on any atom is 0.133 e. The van der Waals surface area contributed by atoms with Gasteiger partial charge in [0.25, 0.3) is 0 Å². The van der Waals surface area contributed by atoms with Crippen molar-refractivity contribution in [3.63, 3.8) is 0 Å². The molecule has 0 radical (unpaired) electrons. The highest BCUT2D eigenvalue weighted by Crippen LogP contribution is 2.23. The van der Waals surface area contributed by atoms with Gasteiger partial charge in [-0.1, -0.05) is 55.8 Å². The predicted octanol–water partition coefficient (Wildman–Crippen LogP) is 4.31. The van der Waals surface area contributed by atoms with E-state index in [0.717, 1.165) is 23.5 Å². The van der Waals surface area contributed by atoms with Crippen LogP contribution in [-0.4, -0.2) is 9.97 Å². The van der Waals surface area contributed by atoms with Crippen molar-refractivity contribution in [1.29, 1.82) is 0 Å². The molecule has 3 heteroatoms. The highest BCUT2D eigenvalue weighted by atomic mass is 35.5. The van der Waals surface area contributed by atoms with Gasteiger partial charge in [0.1, 0.15) is 11.0 Å². The molecule has 0 aliphatic heterocycles. The molecule has 0 saturated heterocycles. The summed E-state index contributed by atoms with van der Waals surface area (Å²) in [7, 11) is 0. The van der Waals surface area contributed by atoms with E-state index in [2.05, 4.69) is 23.8 Å². The van der Waals surface area contributed by atoms with Gasteiger partial charge < -0.3 is 0 Å². The first-order chi connectivity index (χ1) is 8.20. The largest absolute Gasteiger partial charge is 0.233 e. The van der Waals surface area contributed by atoms with Gasteiger partial charge in [0, 0.05) is 17.5 Å². The minimum Gasteiger partial charge on any atom is -0.233 e. The van der Waals surface area contributed by atoms with E-state index >= 15 is 0 Å². The van der Waals surface area contributed by atoms with Crippen LogP contribution in [0.25, 0.3) is 11.3 Å². The molecule has 1 atom stereocenters. The van der Waals surface area contributed by atoms with Crippen LogP contribution in [0.2, 0.25) is 5.15 Å². The second-order valence-electron chi connectivity index (χ2n) is 4.11. The molecule has 2 rings (SSSR count). The Morgan fingerprint density at radius 3 is 2.53 bits per heavy atom. The van der Waals surface area contributed by atoms with E-state index in [1.807, 2.05) is 36.4 Å². The van der Waals surface area contributed by atoms with Crippen LogP contribution in [0.15, 0.2) is 36.4 Å². The van der Waals surface area contributed by atoms with Gasteiger partial charge in [0.05, 0.1) is 5.69 Å². The van der Waals surface area contributed by atoms with Crippen LogP contribution in [-0.2, 0) is 0 Å². The van der Waals surface area contributed by atoms with Crippen LogP contribution in [0.3, 0.4) is 0 Å². The number of hydrogen-bond acceptors (Lipinski definition) is 2. The molecule has 2 nitrogen and oxygen atoms in total. The summed E-state index contributed by atoms with van der Waals surface area (Å²) in [4.78, 5) is 8.86. The minimum absolute atomic E-state index is 0.330. The molecule has 88 valence electrons. The molecule has 0 aliphatic carbocycles. The van der Waals surface area contributed by atoms with Crippen LogP contribution >= 0.6 is 11.6 Å². The molecule has 0 spiro atoms. The number of rotatable bonds is 3. The topological polar surface area (TPSA) is 25.8 Å². The Morgan fingerprint density at radius 2 is 1.88 bits per heavy atom. The standard InChI is InChI=1S/C14H15ClN2/c1-3-10(2)14-16-12(9-13(15)17-14)11-7-5-4-6-8-11/h4-10H,3H2,1-2H3. The van der Waals surface area contributed by atoms with Crippen LogP contribution < -0.4 is 0 Å². The molecule has 0 bridgehead atoms. The van der Waals surface area contributed by atoms with Crippen molar-refractivity contribution in [2.45, 2.75) is 26.2 Å². The van der Waals surface area contributed by atoms with Gasteiger partial charge in [-0.05, 0) is 6.42 Å². The van der Waals surface area contributed by atoms with Crippen molar-refractivity contribution in [2.75, 3.05) is 0 Å². The maximum atomic E-state index is 6.05. The zero-order chi connectivity index (χ0) is 12.3. The smallest absolute Gasteiger partial charge is 0.133 e. The van der Waals surface area contributed by atoms with E-state index in [1.165, 1.54) is 0 Å². The average Bonchev–Trinajstić information content (AvgIpc) is 2.38. The van der Waals surface area contributed by atoms with E-state index in [0.29, 0.717) is 11.1 Å². The van der Waals surface area contributed by atoms with Crippen LogP contribution in [0.1, 0.15) is 32.0 Å². The molecule has 1 heterocycles. The SMILES string of the molecule is CCC(C)c1nc(Cl)cc(-c2ccccc2)n1. The third-order valence-electron chi connectivity index (χ3n) is 2.83. The molecule has 17 heavy (non-hydrogen) atoms. The molecule has 1 aromatic carbocycles. The van der Waals surface area contributed by atoms with Gasteiger partial charge in [0.2, 0.25) is 0 Å². The van der Waals surface area contributed by atoms with Crippen LogP contribution in [0, 0.1) is 0 Å². The molecule has 0 N–H and O–H groups in total. The second-order valence-corrected chi connectivity index (χ2v) is 4.50. The van der Waals surface area contributed by atoms with Crippen LogP contribution in [0.4, 0.5) is 0 Å². The summed E-state index contributed by atoms with van der Waals surface area (Å²) in [5.41, 5.74) is 1.96. The van der Waals surface area contributed by atoms with Crippen LogP contribution in [0.5, 0.6) is 0 Å². The quantitative estimate of drug-likeness (QED) is 0.754. The van der Waals surface area contributed by atoms with Crippen molar-refractivity contribution in [2.24, 2.45) is 0 Å². The molecular formula is C14H15ClN2.